The number of aromatic nitrogens is 3. The monoisotopic (exact) mass is 356 g/mol. The van der Waals surface area contributed by atoms with Crippen molar-refractivity contribution >= 4 is 11.8 Å². The molecule has 2 amide bonds. The average Bonchev–Trinajstić information content (AvgIpc) is 3.32. The van der Waals surface area contributed by atoms with Gasteiger partial charge < -0.3 is 15.5 Å². The molecule has 0 saturated carbocycles. The normalized spacial score (nSPS) is 19.6. The Morgan fingerprint density at radius 2 is 1.77 bits per heavy atom. The van der Waals surface area contributed by atoms with Crippen LogP contribution in [0.3, 0.4) is 0 Å². The van der Waals surface area contributed by atoms with Gasteiger partial charge in [0.15, 0.2) is 0 Å². The highest BCUT2D eigenvalue weighted by Crippen LogP contribution is 2.22. The predicted molar refractivity (Wildman–Crippen MR) is 96.7 cm³/mol. The van der Waals surface area contributed by atoms with Crippen molar-refractivity contribution in [2.45, 2.75) is 32.4 Å². The van der Waals surface area contributed by atoms with E-state index >= 15 is 0 Å². The standard InChI is InChI=1S/C18H24N6O2/c1-3-22(4-2)18(26)16-9-14(19)10-24(16)17(25)13-5-7-15(8-6-13)23-11-20-21-12-23/h5-8,11-12,14,16H,3-4,9-10,19H2,1-2H3/t14-,16-/m0/s1. The topological polar surface area (TPSA) is 97.3 Å². The van der Waals surface area contributed by atoms with E-state index in [9.17, 15) is 9.59 Å². The summed E-state index contributed by atoms with van der Waals surface area (Å²) in [5.41, 5.74) is 7.46. The number of carbonyl (C=O) groups excluding carboxylic acids is 2. The lowest BCUT2D eigenvalue weighted by Crippen LogP contribution is -2.47. The van der Waals surface area contributed by atoms with Gasteiger partial charge in [0.1, 0.15) is 18.7 Å². The third kappa shape index (κ3) is 3.45. The third-order valence-corrected chi connectivity index (χ3v) is 4.79. The molecule has 2 N–H and O–H groups in total. The van der Waals surface area contributed by atoms with Gasteiger partial charge in [0, 0.05) is 36.9 Å². The summed E-state index contributed by atoms with van der Waals surface area (Å²) in [4.78, 5) is 29.1. The molecular weight excluding hydrogens is 332 g/mol. The van der Waals surface area contributed by atoms with Gasteiger partial charge in [-0.2, -0.15) is 0 Å². The smallest absolute Gasteiger partial charge is 0.254 e. The Balaban J connectivity index is 1.79. The molecule has 0 unspecified atom stereocenters. The number of rotatable bonds is 5. The van der Waals surface area contributed by atoms with Crippen molar-refractivity contribution in [1.29, 1.82) is 0 Å². The van der Waals surface area contributed by atoms with Gasteiger partial charge in [-0.25, -0.2) is 0 Å². The SMILES string of the molecule is CCN(CC)C(=O)[C@@H]1C[C@H](N)CN1C(=O)c1ccc(-n2cnnc2)cc1. The fraction of sp³-hybridized carbons (Fsp3) is 0.444. The van der Waals surface area contributed by atoms with Gasteiger partial charge in [0.2, 0.25) is 5.91 Å². The quantitative estimate of drug-likeness (QED) is 0.849. The van der Waals surface area contributed by atoms with Crippen molar-refractivity contribution in [2.24, 2.45) is 5.73 Å². The molecule has 0 radical (unpaired) electrons. The summed E-state index contributed by atoms with van der Waals surface area (Å²) in [7, 11) is 0. The van der Waals surface area contributed by atoms with Crippen molar-refractivity contribution in [3.8, 4) is 5.69 Å². The maximum absolute atomic E-state index is 13.0. The van der Waals surface area contributed by atoms with E-state index in [-0.39, 0.29) is 17.9 Å². The summed E-state index contributed by atoms with van der Waals surface area (Å²) in [6, 6.07) is 6.48. The van der Waals surface area contributed by atoms with E-state index in [2.05, 4.69) is 10.2 Å². The van der Waals surface area contributed by atoms with Crippen molar-refractivity contribution in [3.05, 3.63) is 42.5 Å². The largest absolute Gasteiger partial charge is 0.341 e. The van der Waals surface area contributed by atoms with Crippen molar-refractivity contribution in [2.75, 3.05) is 19.6 Å². The van der Waals surface area contributed by atoms with Crippen molar-refractivity contribution in [1.82, 2.24) is 24.6 Å². The Hall–Kier alpha value is -2.74. The zero-order chi connectivity index (χ0) is 18.7. The number of hydrogen-bond donors (Lipinski definition) is 1. The van der Waals surface area contributed by atoms with Crippen LogP contribution in [0.1, 0.15) is 30.6 Å². The molecule has 2 aromatic rings. The van der Waals surface area contributed by atoms with Crippen LogP contribution >= 0.6 is 0 Å². The second-order valence-corrected chi connectivity index (χ2v) is 6.40. The second-order valence-electron chi connectivity index (χ2n) is 6.40. The number of benzene rings is 1. The minimum Gasteiger partial charge on any atom is -0.341 e. The molecule has 8 heteroatoms. The van der Waals surface area contributed by atoms with Crippen LogP contribution in [0.15, 0.2) is 36.9 Å². The Morgan fingerprint density at radius 1 is 1.15 bits per heavy atom. The molecular formula is C18H24N6O2. The first-order valence-corrected chi connectivity index (χ1v) is 8.85. The molecule has 1 saturated heterocycles. The third-order valence-electron chi connectivity index (χ3n) is 4.79. The number of hydrogen-bond acceptors (Lipinski definition) is 5. The number of carbonyl (C=O) groups is 2. The molecule has 0 bridgehead atoms. The molecule has 3 rings (SSSR count). The number of amides is 2. The second kappa shape index (κ2) is 7.65. The van der Waals surface area contributed by atoms with Crippen LogP contribution in [-0.4, -0.2) is 68.1 Å². The summed E-state index contributed by atoms with van der Waals surface area (Å²) in [6.45, 7) is 5.51. The molecule has 0 spiro atoms. The molecule has 1 aliphatic rings. The first kappa shape index (κ1) is 18.1. The van der Waals surface area contributed by atoms with Crippen molar-refractivity contribution in [3.63, 3.8) is 0 Å². The molecule has 2 heterocycles. The predicted octanol–water partition coefficient (Wildman–Crippen LogP) is 0.678. The van der Waals surface area contributed by atoms with Gasteiger partial charge >= 0.3 is 0 Å². The summed E-state index contributed by atoms with van der Waals surface area (Å²) < 4.78 is 1.76. The van der Waals surface area contributed by atoms with Gasteiger partial charge in [0.25, 0.3) is 5.91 Å². The van der Waals surface area contributed by atoms with Crippen LogP contribution in [0.4, 0.5) is 0 Å². The minimum atomic E-state index is -0.491. The lowest BCUT2D eigenvalue weighted by Gasteiger charge is -2.29. The molecule has 0 aliphatic carbocycles. The number of nitrogens with two attached hydrogens (primary N) is 1. The van der Waals surface area contributed by atoms with Gasteiger partial charge in [-0.05, 0) is 44.5 Å². The highest BCUT2D eigenvalue weighted by Gasteiger charge is 2.39. The Labute approximate surface area is 152 Å². The summed E-state index contributed by atoms with van der Waals surface area (Å²) in [6.07, 6.45) is 3.68. The summed E-state index contributed by atoms with van der Waals surface area (Å²) >= 11 is 0. The Kier molecular flexibility index (Phi) is 5.32. The minimum absolute atomic E-state index is 0.0302. The maximum atomic E-state index is 13.0. The molecule has 26 heavy (non-hydrogen) atoms. The molecule has 1 aromatic heterocycles. The number of nitrogens with zero attached hydrogens (tertiary/aromatic N) is 5. The zero-order valence-electron chi connectivity index (χ0n) is 15.1. The van der Waals surface area contributed by atoms with E-state index in [4.69, 9.17) is 5.73 Å². The van der Waals surface area contributed by atoms with Gasteiger partial charge in [-0.3, -0.25) is 14.2 Å². The molecule has 138 valence electrons. The van der Waals surface area contributed by atoms with Crippen LogP contribution in [0.25, 0.3) is 5.69 Å². The van der Waals surface area contributed by atoms with Crippen LogP contribution in [0.5, 0.6) is 0 Å². The number of likely N-dealkylation sites (N-methyl/N-ethyl adjacent to an activating group) is 1. The maximum Gasteiger partial charge on any atom is 0.254 e. The summed E-state index contributed by atoms with van der Waals surface area (Å²) in [5.74, 6) is -0.198. The van der Waals surface area contributed by atoms with Crippen molar-refractivity contribution < 1.29 is 9.59 Å². The van der Waals surface area contributed by atoms with Crippen LogP contribution in [-0.2, 0) is 4.79 Å². The average molecular weight is 356 g/mol. The Morgan fingerprint density at radius 3 is 2.35 bits per heavy atom. The van der Waals surface area contributed by atoms with E-state index in [0.717, 1.165) is 5.69 Å². The van der Waals surface area contributed by atoms with Gasteiger partial charge in [-0.1, -0.05) is 0 Å². The highest BCUT2D eigenvalue weighted by molar-refractivity contribution is 5.98. The molecule has 2 atom stereocenters. The van der Waals surface area contributed by atoms with Crippen LogP contribution < -0.4 is 5.73 Å². The van der Waals surface area contributed by atoms with E-state index in [1.165, 1.54) is 0 Å². The highest BCUT2D eigenvalue weighted by atomic mass is 16.2. The van der Waals surface area contributed by atoms with E-state index in [0.29, 0.717) is 31.6 Å². The molecule has 1 aliphatic heterocycles. The van der Waals surface area contributed by atoms with Gasteiger partial charge in [0.05, 0.1) is 0 Å². The Bertz CT molecular complexity index is 754. The lowest BCUT2D eigenvalue weighted by molar-refractivity contribution is -0.134. The molecule has 1 fully saturated rings. The van der Waals surface area contributed by atoms with Crippen LogP contribution in [0, 0.1) is 0 Å². The van der Waals surface area contributed by atoms with Gasteiger partial charge in [-0.15, -0.1) is 10.2 Å². The van der Waals surface area contributed by atoms with Crippen LogP contribution in [0.2, 0.25) is 0 Å². The van der Waals surface area contributed by atoms with E-state index < -0.39 is 6.04 Å². The number of likely N-dealkylation sites (tertiary alicyclic amines) is 1. The summed E-state index contributed by atoms with van der Waals surface area (Å²) in [5, 5.41) is 7.54. The van der Waals surface area contributed by atoms with E-state index in [1.54, 1.807) is 39.2 Å². The fourth-order valence-electron chi connectivity index (χ4n) is 3.35. The van der Waals surface area contributed by atoms with E-state index in [1.807, 2.05) is 26.0 Å². The lowest BCUT2D eigenvalue weighted by atomic mass is 10.1. The zero-order valence-corrected chi connectivity index (χ0v) is 15.1. The first-order chi connectivity index (χ1) is 12.5. The molecule has 8 nitrogen and oxygen atoms in total. The molecule has 1 aromatic carbocycles. The first-order valence-electron chi connectivity index (χ1n) is 8.85. The fourth-order valence-corrected chi connectivity index (χ4v) is 3.35.